The quantitative estimate of drug-likeness (QED) is 0.407. The van der Waals surface area contributed by atoms with Crippen molar-refractivity contribution in [3.63, 3.8) is 0 Å². The molecule has 0 aliphatic heterocycles. The molecule has 156 valence electrons. The molecule has 7 heteroatoms. The fourth-order valence-electron chi connectivity index (χ4n) is 2.82. The maximum atomic E-state index is 13.0. The maximum absolute atomic E-state index is 13.0. The number of hydrogen-bond donors (Lipinski definition) is 1. The Morgan fingerprint density at radius 2 is 1.80 bits per heavy atom. The molecule has 0 unspecified atom stereocenters. The number of nitrogens with one attached hydrogen (secondary N) is 1. The van der Waals surface area contributed by atoms with Crippen molar-refractivity contribution in [1.29, 1.82) is 0 Å². The van der Waals surface area contributed by atoms with E-state index >= 15 is 0 Å². The number of ether oxygens (including phenoxy) is 1. The van der Waals surface area contributed by atoms with Gasteiger partial charge in [-0.3, -0.25) is 9.59 Å². The van der Waals surface area contributed by atoms with E-state index in [1.54, 1.807) is 12.1 Å². The molecule has 0 fully saturated rings. The topological polar surface area (TPSA) is 81.4 Å². The van der Waals surface area contributed by atoms with E-state index in [-0.39, 0.29) is 31.2 Å². The van der Waals surface area contributed by atoms with Gasteiger partial charge < -0.3 is 14.5 Å². The lowest BCUT2D eigenvalue weighted by molar-refractivity contribution is -0.148. The highest BCUT2D eigenvalue weighted by molar-refractivity contribution is 5.80. The molecule has 0 atom stereocenters. The summed E-state index contributed by atoms with van der Waals surface area (Å²) in [5.41, 5.74) is 1.91. The zero-order valence-corrected chi connectivity index (χ0v) is 16.5. The van der Waals surface area contributed by atoms with E-state index < -0.39 is 5.97 Å². The second-order valence-electron chi connectivity index (χ2n) is 6.72. The Hall–Kier alpha value is -3.48. The highest BCUT2D eigenvalue weighted by Gasteiger charge is 2.11. The second-order valence-corrected chi connectivity index (χ2v) is 6.72. The minimum absolute atomic E-state index is 0.0463. The summed E-state index contributed by atoms with van der Waals surface area (Å²) in [6, 6.07) is 15.9. The lowest BCUT2D eigenvalue weighted by Gasteiger charge is -2.06. The van der Waals surface area contributed by atoms with Crippen LogP contribution >= 0.6 is 0 Å². The number of benzene rings is 2. The van der Waals surface area contributed by atoms with Gasteiger partial charge in [-0.2, -0.15) is 0 Å². The number of hydrogen-bond acceptors (Lipinski definition) is 5. The van der Waals surface area contributed by atoms with Gasteiger partial charge in [0.05, 0.1) is 12.6 Å². The summed E-state index contributed by atoms with van der Waals surface area (Å²) >= 11 is 0. The molecule has 0 bridgehead atoms. The third-order valence-electron chi connectivity index (χ3n) is 4.40. The van der Waals surface area contributed by atoms with Crippen molar-refractivity contribution >= 4 is 11.9 Å². The van der Waals surface area contributed by atoms with E-state index in [2.05, 4.69) is 10.3 Å². The van der Waals surface area contributed by atoms with Gasteiger partial charge in [-0.15, -0.1) is 0 Å². The summed E-state index contributed by atoms with van der Waals surface area (Å²) in [6.07, 6.45) is 3.50. The Balaban J connectivity index is 1.31. The first-order valence-corrected chi connectivity index (χ1v) is 9.77. The van der Waals surface area contributed by atoms with Gasteiger partial charge in [0.2, 0.25) is 0 Å². The summed E-state index contributed by atoms with van der Waals surface area (Å²) in [6.45, 7) is 0.213. The number of carbonyl (C=O) groups is 2. The van der Waals surface area contributed by atoms with Gasteiger partial charge in [0.1, 0.15) is 5.82 Å². The number of halogens is 1. The first-order chi connectivity index (χ1) is 14.6. The van der Waals surface area contributed by atoms with Gasteiger partial charge in [0, 0.05) is 18.5 Å². The highest BCUT2D eigenvalue weighted by atomic mass is 19.1. The molecule has 0 aliphatic carbocycles. The van der Waals surface area contributed by atoms with E-state index in [4.69, 9.17) is 9.15 Å². The SMILES string of the molecule is O=C(COC(=O)CCc1ncc(-c2ccc(F)cc2)o1)NCCCc1ccccc1. The van der Waals surface area contributed by atoms with Crippen LogP contribution < -0.4 is 5.32 Å². The molecule has 0 saturated carbocycles. The van der Waals surface area contributed by atoms with E-state index in [0.29, 0.717) is 23.8 Å². The van der Waals surface area contributed by atoms with Crippen LogP contribution in [0.15, 0.2) is 65.2 Å². The zero-order chi connectivity index (χ0) is 21.2. The average Bonchev–Trinajstić information content (AvgIpc) is 3.24. The Morgan fingerprint density at radius 3 is 2.57 bits per heavy atom. The summed E-state index contributed by atoms with van der Waals surface area (Å²) < 4.78 is 23.5. The Labute approximate surface area is 174 Å². The van der Waals surface area contributed by atoms with Crippen LogP contribution in [0.1, 0.15) is 24.3 Å². The maximum Gasteiger partial charge on any atom is 0.306 e. The molecular weight excluding hydrogens is 387 g/mol. The third kappa shape index (κ3) is 6.84. The van der Waals surface area contributed by atoms with Crippen LogP contribution in [0.5, 0.6) is 0 Å². The average molecular weight is 410 g/mol. The Morgan fingerprint density at radius 1 is 1.03 bits per heavy atom. The predicted octanol–water partition coefficient (Wildman–Crippen LogP) is 3.71. The summed E-state index contributed by atoms with van der Waals surface area (Å²) in [5, 5.41) is 2.73. The number of esters is 1. The molecule has 6 nitrogen and oxygen atoms in total. The molecule has 30 heavy (non-hydrogen) atoms. The Bertz CT molecular complexity index is 955. The van der Waals surface area contributed by atoms with Gasteiger partial charge in [0.25, 0.3) is 5.91 Å². The molecule has 1 N–H and O–H groups in total. The van der Waals surface area contributed by atoms with Crippen molar-refractivity contribution in [3.05, 3.63) is 78.1 Å². The summed E-state index contributed by atoms with van der Waals surface area (Å²) in [7, 11) is 0. The smallest absolute Gasteiger partial charge is 0.306 e. The number of aromatic nitrogens is 1. The predicted molar refractivity (Wildman–Crippen MR) is 109 cm³/mol. The first-order valence-electron chi connectivity index (χ1n) is 9.77. The standard InChI is InChI=1S/C23H23FN2O4/c24-19-10-8-18(9-11-19)20-15-26-22(30-20)12-13-23(28)29-16-21(27)25-14-4-7-17-5-2-1-3-6-17/h1-3,5-6,8-11,15H,4,7,12-14,16H2,(H,25,27). The van der Waals surface area contributed by atoms with Crippen molar-refractivity contribution in [2.24, 2.45) is 0 Å². The van der Waals surface area contributed by atoms with Crippen molar-refractivity contribution in [2.45, 2.75) is 25.7 Å². The van der Waals surface area contributed by atoms with Gasteiger partial charge in [-0.05, 0) is 42.7 Å². The largest absolute Gasteiger partial charge is 0.456 e. The number of rotatable bonds is 10. The van der Waals surface area contributed by atoms with Crippen LogP contribution in [0.4, 0.5) is 4.39 Å². The van der Waals surface area contributed by atoms with Crippen LogP contribution in [-0.2, 0) is 27.2 Å². The number of nitrogens with zero attached hydrogens (tertiary/aromatic N) is 1. The van der Waals surface area contributed by atoms with Crippen molar-refractivity contribution in [2.75, 3.05) is 13.2 Å². The number of amides is 1. The van der Waals surface area contributed by atoms with Crippen LogP contribution in [0, 0.1) is 5.82 Å². The molecule has 2 aromatic carbocycles. The number of oxazole rings is 1. The third-order valence-corrected chi connectivity index (χ3v) is 4.40. The lowest BCUT2D eigenvalue weighted by atomic mass is 10.1. The van der Waals surface area contributed by atoms with Crippen molar-refractivity contribution < 1.29 is 23.1 Å². The first kappa shape index (κ1) is 21.2. The molecule has 0 radical (unpaired) electrons. The Kier molecular flexibility index (Phi) is 7.71. The second kappa shape index (κ2) is 10.9. The van der Waals surface area contributed by atoms with Crippen LogP contribution in [0.2, 0.25) is 0 Å². The van der Waals surface area contributed by atoms with Gasteiger partial charge in [-0.25, -0.2) is 9.37 Å². The van der Waals surface area contributed by atoms with Crippen LogP contribution in [-0.4, -0.2) is 30.0 Å². The van der Waals surface area contributed by atoms with E-state index in [1.807, 2.05) is 30.3 Å². The zero-order valence-electron chi connectivity index (χ0n) is 16.5. The normalized spacial score (nSPS) is 10.6. The van der Waals surface area contributed by atoms with Crippen molar-refractivity contribution in [3.8, 4) is 11.3 Å². The van der Waals surface area contributed by atoms with Crippen LogP contribution in [0.25, 0.3) is 11.3 Å². The molecule has 1 heterocycles. The van der Waals surface area contributed by atoms with E-state index in [0.717, 1.165) is 12.8 Å². The van der Waals surface area contributed by atoms with Gasteiger partial charge in [0.15, 0.2) is 18.3 Å². The number of aryl methyl sites for hydroxylation is 2. The van der Waals surface area contributed by atoms with Crippen LogP contribution in [0.3, 0.4) is 0 Å². The fourth-order valence-corrected chi connectivity index (χ4v) is 2.82. The fraction of sp³-hybridized carbons (Fsp3) is 0.261. The molecule has 0 aliphatic rings. The summed E-state index contributed by atoms with van der Waals surface area (Å²) in [5.74, 6) is -0.298. The van der Waals surface area contributed by atoms with E-state index in [1.165, 1.54) is 23.9 Å². The monoisotopic (exact) mass is 410 g/mol. The molecule has 1 amide bonds. The minimum Gasteiger partial charge on any atom is -0.456 e. The molecule has 0 saturated heterocycles. The molecular formula is C23H23FN2O4. The molecule has 1 aromatic heterocycles. The molecule has 3 rings (SSSR count). The molecule has 3 aromatic rings. The molecule has 0 spiro atoms. The number of carbonyl (C=O) groups excluding carboxylic acids is 2. The highest BCUT2D eigenvalue weighted by Crippen LogP contribution is 2.21. The van der Waals surface area contributed by atoms with Gasteiger partial charge >= 0.3 is 5.97 Å². The van der Waals surface area contributed by atoms with Gasteiger partial charge in [-0.1, -0.05) is 30.3 Å². The lowest BCUT2D eigenvalue weighted by Crippen LogP contribution is -2.29. The summed E-state index contributed by atoms with van der Waals surface area (Å²) in [4.78, 5) is 27.7. The van der Waals surface area contributed by atoms with Crippen molar-refractivity contribution in [1.82, 2.24) is 10.3 Å². The van der Waals surface area contributed by atoms with E-state index in [9.17, 15) is 14.0 Å². The minimum atomic E-state index is -0.504.